The Morgan fingerprint density at radius 1 is 1.35 bits per heavy atom. The number of anilines is 1. The number of fused-ring (bicyclic) bond motifs is 1. The average Bonchev–Trinajstić information content (AvgIpc) is 2.76. The maximum Gasteiger partial charge on any atom is 0.131 e. The third-order valence-electron chi connectivity index (χ3n) is 3.60. The SMILES string of the molecule is CC1CN(COCc2ccccc2)c2cc(Cl)ncc21. The van der Waals surface area contributed by atoms with E-state index in [0.29, 0.717) is 24.4 Å². The van der Waals surface area contributed by atoms with Crippen molar-refractivity contribution in [3.63, 3.8) is 0 Å². The average molecular weight is 289 g/mol. The first kappa shape index (κ1) is 13.4. The molecule has 0 amide bonds. The van der Waals surface area contributed by atoms with Crippen LogP contribution in [0.3, 0.4) is 0 Å². The van der Waals surface area contributed by atoms with Gasteiger partial charge in [-0.05, 0) is 17.2 Å². The van der Waals surface area contributed by atoms with Crippen molar-refractivity contribution in [1.29, 1.82) is 0 Å². The zero-order valence-electron chi connectivity index (χ0n) is 11.4. The highest BCUT2D eigenvalue weighted by molar-refractivity contribution is 6.29. The predicted octanol–water partition coefficient (Wildman–Crippen LogP) is 3.83. The van der Waals surface area contributed by atoms with Gasteiger partial charge in [0, 0.05) is 24.3 Å². The lowest BCUT2D eigenvalue weighted by atomic mass is 10.1. The van der Waals surface area contributed by atoms with Gasteiger partial charge in [0.25, 0.3) is 0 Å². The molecule has 2 aromatic rings. The highest BCUT2D eigenvalue weighted by Gasteiger charge is 2.26. The number of rotatable bonds is 4. The number of hydrogen-bond acceptors (Lipinski definition) is 3. The monoisotopic (exact) mass is 288 g/mol. The van der Waals surface area contributed by atoms with Gasteiger partial charge in [0.1, 0.15) is 11.9 Å². The summed E-state index contributed by atoms with van der Waals surface area (Å²) in [5.74, 6) is 0.468. The molecule has 0 fully saturated rings. The minimum atomic E-state index is 0.468. The molecule has 0 saturated heterocycles. The van der Waals surface area contributed by atoms with Crippen molar-refractivity contribution in [2.45, 2.75) is 19.4 Å². The quantitative estimate of drug-likeness (QED) is 0.800. The molecule has 0 N–H and O–H groups in total. The van der Waals surface area contributed by atoms with E-state index in [1.165, 1.54) is 11.1 Å². The topological polar surface area (TPSA) is 25.4 Å². The summed E-state index contributed by atoms with van der Waals surface area (Å²) in [7, 11) is 0. The van der Waals surface area contributed by atoms with Gasteiger partial charge in [-0.15, -0.1) is 0 Å². The zero-order valence-corrected chi connectivity index (χ0v) is 12.2. The first-order chi connectivity index (χ1) is 9.74. The predicted molar refractivity (Wildman–Crippen MR) is 81.1 cm³/mol. The van der Waals surface area contributed by atoms with Crippen LogP contribution in [0.2, 0.25) is 5.15 Å². The van der Waals surface area contributed by atoms with Crippen molar-refractivity contribution in [1.82, 2.24) is 4.98 Å². The molecule has 1 aromatic heterocycles. The van der Waals surface area contributed by atoms with E-state index in [9.17, 15) is 0 Å². The first-order valence-corrected chi connectivity index (χ1v) is 7.14. The third kappa shape index (κ3) is 2.79. The Hall–Kier alpha value is -1.58. The molecule has 1 aliphatic heterocycles. The number of ether oxygens (including phenoxy) is 1. The van der Waals surface area contributed by atoms with E-state index in [1.807, 2.05) is 30.5 Å². The summed E-state index contributed by atoms with van der Waals surface area (Å²) in [6.45, 7) is 4.35. The molecule has 20 heavy (non-hydrogen) atoms. The van der Waals surface area contributed by atoms with Gasteiger partial charge >= 0.3 is 0 Å². The molecule has 0 bridgehead atoms. The van der Waals surface area contributed by atoms with Gasteiger partial charge in [0.15, 0.2) is 0 Å². The Morgan fingerprint density at radius 2 is 2.15 bits per heavy atom. The minimum absolute atomic E-state index is 0.468. The molecule has 0 aliphatic carbocycles. The van der Waals surface area contributed by atoms with Gasteiger partial charge < -0.3 is 9.64 Å². The second-order valence-electron chi connectivity index (χ2n) is 5.15. The molecule has 4 heteroatoms. The summed E-state index contributed by atoms with van der Waals surface area (Å²) >= 11 is 5.99. The minimum Gasteiger partial charge on any atom is -0.356 e. The summed E-state index contributed by atoms with van der Waals surface area (Å²) in [5.41, 5.74) is 3.58. The molecular formula is C16H17ClN2O. The molecule has 2 heterocycles. The molecule has 1 atom stereocenters. The summed E-state index contributed by atoms with van der Waals surface area (Å²) in [6.07, 6.45) is 1.87. The van der Waals surface area contributed by atoms with Crippen molar-refractivity contribution in [2.75, 3.05) is 18.2 Å². The second-order valence-corrected chi connectivity index (χ2v) is 5.54. The van der Waals surface area contributed by atoms with E-state index in [2.05, 4.69) is 28.9 Å². The largest absolute Gasteiger partial charge is 0.356 e. The van der Waals surface area contributed by atoms with E-state index < -0.39 is 0 Å². The summed E-state index contributed by atoms with van der Waals surface area (Å²) in [6, 6.07) is 12.1. The van der Waals surface area contributed by atoms with E-state index >= 15 is 0 Å². The molecule has 0 radical (unpaired) electrons. The Kier molecular flexibility index (Phi) is 3.90. The fourth-order valence-electron chi connectivity index (χ4n) is 2.58. The van der Waals surface area contributed by atoms with Gasteiger partial charge in [-0.25, -0.2) is 4.98 Å². The van der Waals surface area contributed by atoms with Crippen LogP contribution in [0.15, 0.2) is 42.6 Å². The summed E-state index contributed by atoms with van der Waals surface area (Å²) < 4.78 is 5.81. The van der Waals surface area contributed by atoms with E-state index in [4.69, 9.17) is 16.3 Å². The smallest absolute Gasteiger partial charge is 0.131 e. The normalized spacial score (nSPS) is 17.3. The molecule has 3 rings (SSSR count). The lowest BCUT2D eigenvalue weighted by Crippen LogP contribution is -2.24. The summed E-state index contributed by atoms with van der Waals surface area (Å²) in [5, 5.41) is 0.533. The third-order valence-corrected chi connectivity index (χ3v) is 3.81. The molecule has 1 unspecified atom stereocenters. The van der Waals surface area contributed by atoms with Gasteiger partial charge in [-0.2, -0.15) is 0 Å². The highest BCUT2D eigenvalue weighted by atomic mass is 35.5. The van der Waals surface area contributed by atoms with Crippen LogP contribution in [0, 0.1) is 0 Å². The maximum atomic E-state index is 5.99. The zero-order chi connectivity index (χ0) is 13.9. The van der Waals surface area contributed by atoms with Crippen LogP contribution in [0.5, 0.6) is 0 Å². The van der Waals surface area contributed by atoms with Crippen LogP contribution in [0.25, 0.3) is 0 Å². The van der Waals surface area contributed by atoms with Crippen molar-refractivity contribution >= 4 is 17.3 Å². The second kappa shape index (κ2) is 5.81. The number of hydrogen-bond donors (Lipinski definition) is 0. The molecule has 3 nitrogen and oxygen atoms in total. The van der Waals surface area contributed by atoms with Crippen LogP contribution in [-0.4, -0.2) is 18.3 Å². The molecule has 1 aromatic carbocycles. The Labute approximate surface area is 124 Å². The maximum absolute atomic E-state index is 5.99. The lowest BCUT2D eigenvalue weighted by molar-refractivity contribution is 0.121. The molecule has 0 saturated carbocycles. The molecular weight excluding hydrogens is 272 g/mol. The molecule has 0 spiro atoms. The highest BCUT2D eigenvalue weighted by Crippen LogP contribution is 2.36. The number of nitrogens with zero attached hydrogens (tertiary/aromatic N) is 2. The molecule has 1 aliphatic rings. The van der Waals surface area contributed by atoms with Gasteiger partial charge in [-0.3, -0.25) is 0 Å². The number of halogens is 1. The Morgan fingerprint density at radius 3 is 2.95 bits per heavy atom. The Bertz CT molecular complexity index is 588. The first-order valence-electron chi connectivity index (χ1n) is 6.76. The van der Waals surface area contributed by atoms with Crippen molar-refractivity contribution in [3.8, 4) is 0 Å². The van der Waals surface area contributed by atoms with Crippen LogP contribution in [-0.2, 0) is 11.3 Å². The standard InChI is InChI=1S/C16H17ClN2O/c1-12-9-19(15-7-16(17)18-8-14(12)15)11-20-10-13-5-3-2-4-6-13/h2-8,12H,9-11H2,1H3. The van der Waals surface area contributed by atoms with E-state index in [-0.39, 0.29) is 0 Å². The van der Waals surface area contributed by atoms with E-state index in [0.717, 1.165) is 12.2 Å². The fraction of sp³-hybridized carbons (Fsp3) is 0.312. The van der Waals surface area contributed by atoms with Crippen LogP contribution >= 0.6 is 11.6 Å². The van der Waals surface area contributed by atoms with Crippen molar-refractivity contribution in [3.05, 3.63) is 58.9 Å². The number of pyridine rings is 1. The van der Waals surface area contributed by atoms with Crippen LogP contribution in [0.4, 0.5) is 5.69 Å². The van der Waals surface area contributed by atoms with E-state index in [1.54, 1.807) is 0 Å². The van der Waals surface area contributed by atoms with Gasteiger partial charge in [0.05, 0.1) is 6.61 Å². The number of benzene rings is 1. The van der Waals surface area contributed by atoms with Crippen LogP contribution < -0.4 is 4.90 Å². The summed E-state index contributed by atoms with van der Waals surface area (Å²) in [4.78, 5) is 6.38. The van der Waals surface area contributed by atoms with Crippen LogP contribution in [0.1, 0.15) is 24.0 Å². The lowest BCUT2D eigenvalue weighted by Gasteiger charge is -2.19. The molecule has 104 valence electrons. The number of aromatic nitrogens is 1. The fourth-order valence-corrected chi connectivity index (χ4v) is 2.73. The van der Waals surface area contributed by atoms with Gasteiger partial charge in [0.2, 0.25) is 0 Å². The van der Waals surface area contributed by atoms with Gasteiger partial charge in [-0.1, -0.05) is 48.9 Å². The van der Waals surface area contributed by atoms with Crippen molar-refractivity contribution < 1.29 is 4.74 Å². The Balaban J connectivity index is 1.64. The van der Waals surface area contributed by atoms with Crippen molar-refractivity contribution in [2.24, 2.45) is 0 Å².